The summed E-state index contributed by atoms with van der Waals surface area (Å²) in [5.74, 6) is -0.120. The van der Waals surface area contributed by atoms with Gasteiger partial charge in [0, 0.05) is 24.3 Å². The normalized spacial score (nSPS) is 18.6. The molecular weight excluding hydrogens is 288 g/mol. The molecule has 1 aromatic heterocycles. The van der Waals surface area contributed by atoms with Crippen LogP contribution in [0.1, 0.15) is 32.6 Å². The largest absolute Gasteiger partial charge is 0.371 e. The van der Waals surface area contributed by atoms with Crippen molar-refractivity contribution < 1.29 is 9.53 Å². The van der Waals surface area contributed by atoms with E-state index in [9.17, 15) is 9.59 Å². The van der Waals surface area contributed by atoms with E-state index in [0.717, 1.165) is 30.0 Å². The summed E-state index contributed by atoms with van der Waals surface area (Å²) >= 11 is 0.954. The molecule has 2 N–H and O–H groups in total. The number of ether oxygens (including phenoxy) is 1. The molecule has 1 unspecified atom stereocenters. The molecule has 0 radical (unpaired) electrons. The third kappa shape index (κ3) is 2.97. The summed E-state index contributed by atoms with van der Waals surface area (Å²) in [6.07, 6.45) is 0.0351. The highest BCUT2D eigenvalue weighted by atomic mass is 32.1. The molecule has 1 atom stereocenters. The molecule has 0 aliphatic carbocycles. The third-order valence-electron chi connectivity index (χ3n) is 3.50. The van der Waals surface area contributed by atoms with Gasteiger partial charge in [0.15, 0.2) is 0 Å². The van der Waals surface area contributed by atoms with Gasteiger partial charge in [-0.25, -0.2) is 0 Å². The van der Waals surface area contributed by atoms with Gasteiger partial charge >= 0.3 is 4.87 Å². The predicted molar refractivity (Wildman–Crippen MR) is 81.1 cm³/mol. The third-order valence-corrected chi connectivity index (χ3v) is 4.49. The molecule has 3 rings (SSSR count). The lowest BCUT2D eigenvalue weighted by Gasteiger charge is -2.24. The first-order valence-electron chi connectivity index (χ1n) is 6.82. The molecule has 1 aliphatic heterocycles. The lowest BCUT2D eigenvalue weighted by molar-refractivity contribution is 0.0277. The van der Waals surface area contributed by atoms with Crippen molar-refractivity contribution in [3.05, 3.63) is 55.6 Å². The Labute approximate surface area is 126 Å². The Morgan fingerprint density at radius 1 is 1.33 bits per heavy atom. The number of hydrogen-bond acceptors (Lipinski definition) is 5. The van der Waals surface area contributed by atoms with Crippen LogP contribution in [0.5, 0.6) is 0 Å². The lowest BCUT2D eigenvalue weighted by Crippen LogP contribution is -2.33. The molecule has 2 heterocycles. The highest BCUT2D eigenvalue weighted by Crippen LogP contribution is 2.21. The van der Waals surface area contributed by atoms with Crippen LogP contribution >= 0.6 is 11.3 Å². The maximum absolute atomic E-state index is 12.4. The molecule has 5 nitrogen and oxygen atoms in total. The fraction of sp³-hybridized carbons (Fsp3) is 0.333. The minimum atomic E-state index is -0.200. The second-order valence-corrected chi connectivity index (χ2v) is 5.97. The summed E-state index contributed by atoms with van der Waals surface area (Å²) in [6.45, 7) is 4.09. The van der Waals surface area contributed by atoms with Crippen molar-refractivity contribution in [1.29, 1.82) is 0 Å². The van der Waals surface area contributed by atoms with Gasteiger partial charge in [-0.1, -0.05) is 35.6 Å². The van der Waals surface area contributed by atoms with Crippen LogP contribution in [0.4, 0.5) is 0 Å². The van der Waals surface area contributed by atoms with Crippen molar-refractivity contribution in [3.8, 4) is 0 Å². The first kappa shape index (κ1) is 14.2. The first-order valence-corrected chi connectivity index (χ1v) is 7.63. The summed E-state index contributed by atoms with van der Waals surface area (Å²) in [5.41, 5.74) is 2.26. The van der Waals surface area contributed by atoms with E-state index >= 15 is 0 Å². The van der Waals surface area contributed by atoms with Crippen LogP contribution in [-0.4, -0.2) is 30.5 Å². The van der Waals surface area contributed by atoms with Gasteiger partial charge in [-0.3, -0.25) is 9.59 Å². The monoisotopic (exact) mass is 304 g/mol. The Morgan fingerprint density at radius 3 is 2.67 bits per heavy atom. The molecular formula is C15H16N2O3S. The topological polar surface area (TPSA) is 71.2 Å². The number of hydrogen-bond donors (Lipinski definition) is 2. The average molecular weight is 304 g/mol. The fourth-order valence-corrected chi connectivity index (χ4v) is 3.19. The number of rotatable bonds is 3. The molecule has 1 saturated heterocycles. The number of thiazole rings is 1. The van der Waals surface area contributed by atoms with E-state index < -0.39 is 0 Å². The number of carbonyl (C=O) groups excluding carboxylic acids is 1. The predicted octanol–water partition coefficient (Wildman–Crippen LogP) is 1.64. The van der Waals surface area contributed by atoms with Gasteiger partial charge in [0.1, 0.15) is 0 Å². The average Bonchev–Trinajstić information content (AvgIpc) is 2.86. The fourth-order valence-electron chi connectivity index (χ4n) is 2.38. The van der Waals surface area contributed by atoms with E-state index in [1.165, 1.54) is 0 Å². The zero-order valence-corrected chi connectivity index (χ0v) is 12.5. The smallest absolute Gasteiger partial charge is 0.305 e. The number of benzene rings is 1. The molecule has 0 amide bonds. The SMILES string of the molecule is Cc1[nH]c(=O)sc1C(=O)c1ccc(C2CNCCO2)cc1. The second kappa shape index (κ2) is 5.93. The van der Waals surface area contributed by atoms with Gasteiger partial charge in [0.05, 0.1) is 17.6 Å². The molecule has 6 heteroatoms. The number of ketones is 1. The molecule has 0 saturated carbocycles. The maximum atomic E-state index is 12.4. The van der Waals surface area contributed by atoms with Gasteiger partial charge < -0.3 is 15.0 Å². The van der Waals surface area contributed by atoms with Crippen LogP contribution in [0.3, 0.4) is 0 Å². The number of aryl methyl sites for hydroxylation is 1. The van der Waals surface area contributed by atoms with Crippen LogP contribution in [-0.2, 0) is 4.74 Å². The van der Waals surface area contributed by atoms with Gasteiger partial charge in [-0.2, -0.15) is 0 Å². The van der Waals surface area contributed by atoms with Crippen molar-refractivity contribution >= 4 is 17.1 Å². The van der Waals surface area contributed by atoms with Gasteiger partial charge in [0.25, 0.3) is 0 Å². The molecule has 0 bridgehead atoms. The summed E-state index contributed by atoms with van der Waals surface area (Å²) < 4.78 is 5.68. The molecule has 2 aromatic rings. The van der Waals surface area contributed by atoms with Gasteiger partial charge in [-0.05, 0) is 12.5 Å². The van der Waals surface area contributed by atoms with Crippen LogP contribution in [0.25, 0.3) is 0 Å². The Morgan fingerprint density at radius 2 is 2.10 bits per heavy atom. The quantitative estimate of drug-likeness (QED) is 0.846. The number of H-pyrrole nitrogens is 1. The zero-order chi connectivity index (χ0) is 14.8. The standard InChI is InChI=1S/C15H16N2O3S/c1-9-14(21-15(19)17-9)13(18)11-4-2-10(3-5-11)12-8-16-6-7-20-12/h2-5,12,16H,6-8H2,1H3,(H,17,19). The van der Waals surface area contributed by atoms with Gasteiger partial charge in [0.2, 0.25) is 5.78 Å². The molecule has 21 heavy (non-hydrogen) atoms. The van der Waals surface area contributed by atoms with E-state index in [-0.39, 0.29) is 16.8 Å². The van der Waals surface area contributed by atoms with Crippen LogP contribution in [0, 0.1) is 6.92 Å². The zero-order valence-electron chi connectivity index (χ0n) is 11.6. The van der Waals surface area contributed by atoms with E-state index in [1.54, 1.807) is 19.1 Å². The molecule has 1 aliphatic rings. The van der Waals surface area contributed by atoms with E-state index in [2.05, 4.69) is 10.3 Å². The molecule has 110 valence electrons. The number of aromatic nitrogens is 1. The van der Waals surface area contributed by atoms with Crippen LogP contribution in [0.2, 0.25) is 0 Å². The van der Waals surface area contributed by atoms with Crippen LogP contribution < -0.4 is 10.2 Å². The van der Waals surface area contributed by atoms with Crippen molar-refractivity contribution in [3.63, 3.8) is 0 Å². The van der Waals surface area contributed by atoms with Gasteiger partial charge in [-0.15, -0.1) is 0 Å². The Balaban J connectivity index is 1.82. The number of nitrogens with one attached hydrogen (secondary N) is 2. The highest BCUT2D eigenvalue weighted by molar-refractivity contribution is 7.11. The van der Waals surface area contributed by atoms with E-state index in [4.69, 9.17) is 4.74 Å². The van der Waals surface area contributed by atoms with Crippen molar-refractivity contribution in [1.82, 2.24) is 10.3 Å². The Kier molecular flexibility index (Phi) is 4.01. The lowest BCUT2D eigenvalue weighted by atomic mass is 10.0. The number of morpholine rings is 1. The molecule has 1 fully saturated rings. The summed E-state index contributed by atoms with van der Waals surface area (Å²) in [7, 11) is 0. The van der Waals surface area contributed by atoms with Crippen molar-refractivity contribution in [2.45, 2.75) is 13.0 Å². The summed E-state index contributed by atoms with van der Waals surface area (Å²) in [6, 6.07) is 7.41. The first-order chi connectivity index (χ1) is 10.1. The van der Waals surface area contributed by atoms with Crippen molar-refractivity contribution in [2.75, 3.05) is 19.7 Å². The summed E-state index contributed by atoms with van der Waals surface area (Å²) in [5, 5.41) is 3.28. The van der Waals surface area contributed by atoms with E-state index in [1.807, 2.05) is 12.1 Å². The second-order valence-electron chi connectivity index (χ2n) is 4.98. The minimum absolute atomic E-state index is 0.0351. The maximum Gasteiger partial charge on any atom is 0.305 e. The number of carbonyl (C=O) groups is 1. The minimum Gasteiger partial charge on any atom is -0.371 e. The Hall–Kier alpha value is -1.76. The molecule has 0 spiro atoms. The Bertz CT molecular complexity index is 696. The summed E-state index contributed by atoms with van der Waals surface area (Å²) in [4.78, 5) is 26.6. The number of aromatic amines is 1. The van der Waals surface area contributed by atoms with Crippen molar-refractivity contribution in [2.24, 2.45) is 0 Å². The van der Waals surface area contributed by atoms with Crippen LogP contribution in [0.15, 0.2) is 29.1 Å². The molecule has 1 aromatic carbocycles. The highest BCUT2D eigenvalue weighted by Gasteiger charge is 2.18. The van der Waals surface area contributed by atoms with E-state index in [0.29, 0.717) is 22.7 Å².